The van der Waals surface area contributed by atoms with E-state index in [2.05, 4.69) is 10.6 Å². The van der Waals surface area contributed by atoms with Gasteiger partial charge in [-0.1, -0.05) is 23.8 Å². The van der Waals surface area contributed by atoms with Crippen molar-refractivity contribution in [1.82, 2.24) is 10.2 Å². The quantitative estimate of drug-likeness (QED) is 0.271. The Morgan fingerprint density at radius 2 is 1.75 bits per heavy atom. The zero-order valence-electron chi connectivity index (χ0n) is 19.5. The van der Waals surface area contributed by atoms with E-state index >= 15 is 0 Å². The Balaban J connectivity index is 1.28. The molecule has 11 nitrogen and oxygen atoms in total. The Bertz CT molecular complexity index is 1310. The van der Waals surface area contributed by atoms with Crippen LogP contribution in [0.2, 0.25) is 0 Å². The number of amides is 4. The maximum Gasteiger partial charge on any atom is 0.297 e. The lowest BCUT2D eigenvalue weighted by Gasteiger charge is -2.27. The molecule has 1 saturated heterocycles. The molecule has 4 rings (SSSR count). The second-order valence-electron chi connectivity index (χ2n) is 8.30. The molecule has 1 unspecified atom stereocenters. The van der Waals surface area contributed by atoms with Crippen molar-refractivity contribution < 1.29 is 36.5 Å². The molecule has 2 aromatic carbocycles. The van der Waals surface area contributed by atoms with E-state index < -0.39 is 39.8 Å². The first-order valence-corrected chi connectivity index (χ1v) is 12.7. The fraction of sp³-hybridized carbons (Fsp3) is 0.333. The van der Waals surface area contributed by atoms with Crippen LogP contribution in [-0.2, 0) is 28.6 Å². The lowest BCUT2D eigenvalue weighted by molar-refractivity contribution is -0.136. The molecule has 36 heavy (non-hydrogen) atoms. The molecule has 1 fully saturated rings. The van der Waals surface area contributed by atoms with Gasteiger partial charge in [-0.25, -0.2) is 0 Å². The number of carbonyl (C=O) groups is 4. The van der Waals surface area contributed by atoms with Gasteiger partial charge in [-0.15, -0.1) is 0 Å². The minimum atomic E-state index is -3.87. The van der Waals surface area contributed by atoms with E-state index in [1.165, 1.54) is 18.2 Å². The lowest BCUT2D eigenvalue weighted by atomic mass is 10.0. The molecule has 2 heterocycles. The second kappa shape index (κ2) is 10.6. The number of hydrogen-bond donors (Lipinski definition) is 2. The van der Waals surface area contributed by atoms with Crippen molar-refractivity contribution in [3.63, 3.8) is 0 Å². The van der Waals surface area contributed by atoms with Gasteiger partial charge in [-0.3, -0.25) is 33.6 Å². The first-order chi connectivity index (χ1) is 17.2. The third kappa shape index (κ3) is 5.30. The summed E-state index contributed by atoms with van der Waals surface area (Å²) in [5, 5.41) is 5.20. The van der Waals surface area contributed by atoms with Crippen LogP contribution in [0.1, 0.15) is 39.1 Å². The molecule has 2 aliphatic heterocycles. The van der Waals surface area contributed by atoms with E-state index in [1.54, 1.807) is 24.3 Å². The Labute approximate surface area is 207 Å². The van der Waals surface area contributed by atoms with Gasteiger partial charge < -0.3 is 10.1 Å². The van der Waals surface area contributed by atoms with Crippen molar-refractivity contribution in [2.24, 2.45) is 0 Å². The molecule has 2 aliphatic rings. The van der Waals surface area contributed by atoms with Crippen molar-refractivity contribution in [3.8, 4) is 0 Å². The maximum atomic E-state index is 13.1. The van der Waals surface area contributed by atoms with Gasteiger partial charge in [0.15, 0.2) is 0 Å². The van der Waals surface area contributed by atoms with Crippen molar-refractivity contribution in [1.29, 1.82) is 0 Å². The number of nitrogens with one attached hydrogen (secondary N) is 2. The van der Waals surface area contributed by atoms with Gasteiger partial charge in [0.2, 0.25) is 11.8 Å². The fourth-order valence-electron chi connectivity index (χ4n) is 4.00. The van der Waals surface area contributed by atoms with Gasteiger partial charge in [-0.2, -0.15) is 8.42 Å². The molecule has 4 amide bonds. The number of nitrogens with zero attached hydrogens (tertiary/aromatic N) is 1. The highest BCUT2D eigenvalue weighted by Gasteiger charge is 2.45. The highest BCUT2D eigenvalue weighted by atomic mass is 32.2. The molecule has 0 bridgehead atoms. The van der Waals surface area contributed by atoms with Gasteiger partial charge in [0.25, 0.3) is 21.9 Å². The number of ether oxygens (including phenoxy) is 1. The highest BCUT2D eigenvalue weighted by Crippen LogP contribution is 2.32. The molecule has 0 aliphatic carbocycles. The van der Waals surface area contributed by atoms with Crippen LogP contribution in [0.3, 0.4) is 0 Å². The average molecular weight is 516 g/mol. The zero-order chi connectivity index (χ0) is 25.9. The van der Waals surface area contributed by atoms with Gasteiger partial charge >= 0.3 is 0 Å². The van der Waals surface area contributed by atoms with Crippen LogP contribution >= 0.6 is 0 Å². The Morgan fingerprint density at radius 3 is 2.47 bits per heavy atom. The summed E-state index contributed by atoms with van der Waals surface area (Å²) in [4.78, 5) is 50.5. The normalized spacial score (nSPS) is 17.8. The lowest BCUT2D eigenvalue weighted by Crippen LogP contribution is -2.54. The van der Waals surface area contributed by atoms with Gasteiger partial charge in [-0.05, 0) is 37.6 Å². The van der Waals surface area contributed by atoms with Crippen LogP contribution in [0, 0.1) is 6.92 Å². The predicted octanol–water partition coefficient (Wildman–Crippen LogP) is 1.23. The summed E-state index contributed by atoms with van der Waals surface area (Å²) in [7, 11) is -3.87. The summed E-state index contributed by atoms with van der Waals surface area (Å²) >= 11 is 0. The summed E-state index contributed by atoms with van der Waals surface area (Å²) in [6.07, 6.45) is 0.122. The number of piperidine rings is 1. The topological polar surface area (TPSA) is 148 Å². The van der Waals surface area contributed by atoms with Crippen LogP contribution in [0.25, 0.3) is 0 Å². The van der Waals surface area contributed by atoms with Crippen LogP contribution in [0.15, 0.2) is 47.4 Å². The summed E-state index contributed by atoms with van der Waals surface area (Å²) in [5.74, 6) is -2.30. The summed E-state index contributed by atoms with van der Waals surface area (Å²) in [5.41, 5.74) is 1.66. The molecule has 1 atom stereocenters. The van der Waals surface area contributed by atoms with Crippen molar-refractivity contribution in [3.05, 3.63) is 59.2 Å². The summed E-state index contributed by atoms with van der Waals surface area (Å²) in [6.45, 7) is 2.16. The molecule has 0 radical (unpaired) electrons. The van der Waals surface area contributed by atoms with Crippen molar-refractivity contribution >= 4 is 39.4 Å². The number of imide groups is 2. The molecule has 0 aromatic heterocycles. The maximum absolute atomic E-state index is 13.1. The Morgan fingerprint density at radius 1 is 1.00 bits per heavy atom. The summed E-state index contributed by atoms with van der Waals surface area (Å²) in [6, 6.07) is 10.0. The molecular formula is C24H25N3O8S. The van der Waals surface area contributed by atoms with Crippen LogP contribution in [0.4, 0.5) is 5.69 Å². The van der Waals surface area contributed by atoms with Crippen LogP contribution < -0.4 is 10.6 Å². The number of aryl methyl sites for hydroxylation is 1. The minimum absolute atomic E-state index is 0.0281. The largest absolute Gasteiger partial charge is 0.382 e. The number of hydrogen-bond acceptors (Lipinski definition) is 9. The van der Waals surface area contributed by atoms with Crippen LogP contribution in [-0.4, -0.2) is 69.4 Å². The van der Waals surface area contributed by atoms with E-state index in [-0.39, 0.29) is 55.2 Å². The summed E-state index contributed by atoms with van der Waals surface area (Å²) < 4.78 is 34.7. The highest BCUT2D eigenvalue weighted by molar-refractivity contribution is 7.86. The van der Waals surface area contributed by atoms with Gasteiger partial charge in [0.05, 0.1) is 35.8 Å². The molecule has 12 heteroatoms. The fourth-order valence-corrected chi connectivity index (χ4v) is 4.89. The van der Waals surface area contributed by atoms with Crippen molar-refractivity contribution in [2.45, 2.75) is 30.7 Å². The monoisotopic (exact) mass is 515 g/mol. The Kier molecular flexibility index (Phi) is 7.48. The standard InChI is InChI=1S/C24H25N3O8S/c1-15-5-7-16(8-6-15)36(32,33)35-14-13-34-12-11-25-18-4-2-3-17-21(18)24(31)27(23(17)30)19-9-10-20(28)26-22(19)29/h2-8,19,25H,9-14H2,1H3,(H,26,28,29). The minimum Gasteiger partial charge on any atom is -0.382 e. The number of carbonyl (C=O) groups excluding carboxylic acids is 4. The molecule has 2 aromatic rings. The number of fused-ring (bicyclic) bond motifs is 1. The zero-order valence-corrected chi connectivity index (χ0v) is 20.3. The van der Waals surface area contributed by atoms with E-state index in [0.29, 0.717) is 5.69 Å². The third-order valence-electron chi connectivity index (χ3n) is 5.81. The smallest absolute Gasteiger partial charge is 0.297 e. The van der Waals surface area contributed by atoms with E-state index in [0.717, 1.165) is 10.5 Å². The average Bonchev–Trinajstić information content (AvgIpc) is 3.09. The molecule has 0 spiro atoms. The number of benzene rings is 2. The first-order valence-electron chi connectivity index (χ1n) is 11.3. The van der Waals surface area contributed by atoms with E-state index in [9.17, 15) is 27.6 Å². The molecule has 2 N–H and O–H groups in total. The first kappa shape index (κ1) is 25.5. The molecular weight excluding hydrogens is 490 g/mol. The van der Waals surface area contributed by atoms with E-state index in [1.807, 2.05) is 6.92 Å². The van der Waals surface area contributed by atoms with Crippen LogP contribution in [0.5, 0.6) is 0 Å². The number of anilines is 1. The van der Waals surface area contributed by atoms with Gasteiger partial charge in [0, 0.05) is 18.7 Å². The Hall–Kier alpha value is -3.61. The number of rotatable bonds is 10. The third-order valence-corrected chi connectivity index (χ3v) is 7.13. The van der Waals surface area contributed by atoms with Crippen molar-refractivity contribution in [2.75, 3.05) is 31.7 Å². The molecule has 0 saturated carbocycles. The van der Waals surface area contributed by atoms with E-state index in [4.69, 9.17) is 8.92 Å². The molecule has 190 valence electrons. The van der Waals surface area contributed by atoms with Gasteiger partial charge in [0.1, 0.15) is 6.04 Å². The SMILES string of the molecule is Cc1ccc(S(=O)(=O)OCCOCCNc2cccc3c2C(=O)N(C2CCC(=O)NC2=O)C3=O)cc1. The predicted molar refractivity (Wildman–Crippen MR) is 127 cm³/mol. The second-order valence-corrected chi connectivity index (χ2v) is 9.92.